The number of nitrogen functional groups attached to an aromatic ring is 1. The number of carbonyl (C=O) groups excluding carboxylic acids is 2. The average molecular weight is 1130 g/mol. The SMILES string of the molecule is CC/C=C\C/C=C\C/C=C\C/C=C\C=C/C(O)C/C=C\CCC(=O)O[C@H](COC(=O)CCCCCCCC/C=C\C/C=C\C/C=C\CCCCCC)COP(=O)(O)OP(=O)(O)OC[C@H]1O[C@@H](n2ccc(N)nc2=O)[C@H](O)[C@@H]1O. The molecule has 1 saturated heterocycles. The topological polar surface area (TPSA) is 286 Å². The summed E-state index contributed by atoms with van der Waals surface area (Å²) in [6.45, 7) is 1.84. The van der Waals surface area contributed by atoms with Crippen LogP contribution in [-0.2, 0) is 46.3 Å². The molecule has 1 fully saturated rings. The molecule has 0 aliphatic carbocycles. The fourth-order valence-electron chi connectivity index (χ4n) is 7.43. The standard InChI is InChI=1S/C57H89N3O16P2/c1-3-5-7-9-11-13-15-17-18-19-20-21-22-23-25-27-29-31-33-37-41-52(62)71-45-49(74-53(63)42-38-34-36-40-48(61)39-35-32-30-28-26-24-16-14-12-10-8-6-4-2)46-72-77(67,68)76-78(69,70)73-47-50-54(64)55(65)56(75-50)60-44-43-51(58)59-57(60)66/h6,8,12-15,18-19,21-22,24,26,30,32,34-36,39,43-44,48-50,54-56,61,64-65H,3-5,7,9-11,16-17,20,23,25,27-29,31,33,37-38,40-42,45-47H2,1-2H3,(H,67,68)(H,69,70)(H2,58,59,66)/b8-6-,14-12-,15-13-,19-18-,22-21-,26-24-,32-30-,36-34-,39-35-/t48?,49-,50-,54-,55-,56-/m1/s1. The molecule has 19 nitrogen and oxygen atoms in total. The maximum atomic E-state index is 12.9. The second kappa shape index (κ2) is 43.2. The minimum atomic E-state index is -5.48. The highest BCUT2D eigenvalue weighted by molar-refractivity contribution is 7.61. The summed E-state index contributed by atoms with van der Waals surface area (Å²) >= 11 is 0. The van der Waals surface area contributed by atoms with Gasteiger partial charge in [0.2, 0.25) is 0 Å². The van der Waals surface area contributed by atoms with Gasteiger partial charge < -0.3 is 45.1 Å². The Kier molecular flexibility index (Phi) is 38.5. The molecule has 7 N–H and O–H groups in total. The lowest BCUT2D eigenvalue weighted by atomic mass is 10.1. The van der Waals surface area contributed by atoms with Crippen LogP contribution in [0.25, 0.3) is 0 Å². The first-order valence-electron chi connectivity index (χ1n) is 27.5. The maximum Gasteiger partial charge on any atom is 0.481 e. The van der Waals surface area contributed by atoms with Gasteiger partial charge >= 0.3 is 33.3 Å². The van der Waals surface area contributed by atoms with Gasteiger partial charge in [-0.15, -0.1) is 0 Å². The van der Waals surface area contributed by atoms with E-state index in [4.69, 9.17) is 29.0 Å². The molecule has 1 aromatic heterocycles. The predicted octanol–water partition coefficient (Wildman–Crippen LogP) is 11.1. The summed E-state index contributed by atoms with van der Waals surface area (Å²) in [5.41, 5.74) is 4.57. The van der Waals surface area contributed by atoms with E-state index in [9.17, 15) is 48.6 Å². The molecule has 1 aliphatic rings. The predicted molar refractivity (Wildman–Crippen MR) is 304 cm³/mol. The molecule has 438 valence electrons. The number of allylic oxidation sites excluding steroid dienone is 16. The highest BCUT2D eigenvalue weighted by atomic mass is 31.3. The molecule has 0 aromatic carbocycles. The molecule has 1 aromatic rings. The zero-order valence-corrected chi connectivity index (χ0v) is 47.6. The number of anilines is 1. The van der Waals surface area contributed by atoms with Crippen LogP contribution in [0.15, 0.2) is 126 Å². The number of nitrogens with zero attached hydrogens (tertiary/aromatic N) is 2. The Morgan fingerprint density at radius 1 is 0.692 bits per heavy atom. The molecular formula is C57H89N3O16P2. The van der Waals surface area contributed by atoms with Gasteiger partial charge in [0.15, 0.2) is 12.3 Å². The van der Waals surface area contributed by atoms with Gasteiger partial charge in [0.1, 0.15) is 30.7 Å². The molecule has 0 spiro atoms. The Morgan fingerprint density at radius 2 is 1.26 bits per heavy atom. The largest absolute Gasteiger partial charge is 0.481 e. The number of aliphatic hydroxyl groups excluding tert-OH is 3. The van der Waals surface area contributed by atoms with Gasteiger partial charge in [0.05, 0.1) is 19.3 Å². The molecule has 3 unspecified atom stereocenters. The fraction of sp³-hybridized carbons (Fsp3) is 0.579. The van der Waals surface area contributed by atoms with Gasteiger partial charge in [-0.1, -0.05) is 168 Å². The number of phosphoric ester groups is 2. The van der Waals surface area contributed by atoms with Crippen molar-refractivity contribution < 1.29 is 71.4 Å². The van der Waals surface area contributed by atoms with Crippen molar-refractivity contribution >= 4 is 33.4 Å². The number of rotatable bonds is 44. The number of ether oxygens (including phenoxy) is 3. The Morgan fingerprint density at radius 3 is 1.88 bits per heavy atom. The third-order valence-electron chi connectivity index (χ3n) is 11.7. The quantitative estimate of drug-likeness (QED) is 0.0116. The van der Waals surface area contributed by atoms with Crippen LogP contribution in [0.5, 0.6) is 0 Å². The zero-order valence-electron chi connectivity index (χ0n) is 45.8. The van der Waals surface area contributed by atoms with Crippen LogP contribution in [0.4, 0.5) is 5.82 Å². The molecule has 2 rings (SSSR count). The molecule has 78 heavy (non-hydrogen) atoms. The van der Waals surface area contributed by atoms with E-state index in [1.165, 1.54) is 31.7 Å². The molecule has 1 aliphatic heterocycles. The van der Waals surface area contributed by atoms with Gasteiger partial charge in [-0.05, 0) is 89.5 Å². The van der Waals surface area contributed by atoms with E-state index in [0.717, 1.165) is 94.2 Å². The van der Waals surface area contributed by atoms with Gasteiger partial charge in [0.25, 0.3) is 0 Å². The van der Waals surface area contributed by atoms with Crippen LogP contribution >= 0.6 is 15.6 Å². The summed E-state index contributed by atoms with van der Waals surface area (Å²) in [5.74, 6) is -1.51. The Labute approximate surface area is 462 Å². The molecule has 0 saturated carbocycles. The monoisotopic (exact) mass is 1130 g/mol. The molecule has 8 atom stereocenters. The van der Waals surface area contributed by atoms with Gasteiger partial charge in [-0.3, -0.25) is 23.2 Å². The highest BCUT2D eigenvalue weighted by Gasteiger charge is 2.46. The van der Waals surface area contributed by atoms with Crippen molar-refractivity contribution in [2.45, 2.75) is 192 Å². The van der Waals surface area contributed by atoms with Gasteiger partial charge in [0, 0.05) is 19.0 Å². The summed E-state index contributed by atoms with van der Waals surface area (Å²) in [7, 11) is -11.0. The van der Waals surface area contributed by atoms with E-state index in [0.29, 0.717) is 6.42 Å². The summed E-state index contributed by atoms with van der Waals surface area (Å²) < 4.78 is 56.7. The van der Waals surface area contributed by atoms with Crippen molar-refractivity contribution in [1.29, 1.82) is 0 Å². The third kappa shape index (κ3) is 35.1. The average Bonchev–Trinajstić information content (AvgIpc) is 3.69. The van der Waals surface area contributed by atoms with Crippen LogP contribution < -0.4 is 11.4 Å². The number of unbranched alkanes of at least 4 members (excludes halogenated alkanes) is 10. The lowest BCUT2D eigenvalue weighted by Gasteiger charge is -2.21. The minimum Gasteiger partial charge on any atom is -0.462 e. The van der Waals surface area contributed by atoms with Crippen LogP contribution in [0.2, 0.25) is 0 Å². The number of aliphatic hydroxyl groups is 3. The van der Waals surface area contributed by atoms with Crippen LogP contribution in [0.1, 0.15) is 161 Å². The summed E-state index contributed by atoms with van der Waals surface area (Å²) in [5, 5.41) is 31.3. The van der Waals surface area contributed by atoms with Crippen molar-refractivity contribution in [3.05, 3.63) is 132 Å². The Balaban J connectivity index is 1.84. The van der Waals surface area contributed by atoms with Gasteiger partial charge in [-0.25, -0.2) is 13.9 Å². The molecule has 0 bridgehead atoms. The maximum absolute atomic E-state index is 12.9. The van der Waals surface area contributed by atoms with Gasteiger partial charge in [-0.2, -0.15) is 9.29 Å². The minimum absolute atomic E-state index is 0.0687. The summed E-state index contributed by atoms with van der Waals surface area (Å²) in [4.78, 5) is 62.1. The van der Waals surface area contributed by atoms with E-state index < -0.39 is 89.8 Å². The van der Waals surface area contributed by atoms with Crippen LogP contribution in [-0.4, -0.2) is 96.9 Å². The van der Waals surface area contributed by atoms with E-state index in [1.807, 2.05) is 12.2 Å². The number of carbonyl (C=O) groups is 2. The van der Waals surface area contributed by atoms with E-state index in [2.05, 4.69) is 96.1 Å². The van der Waals surface area contributed by atoms with Crippen molar-refractivity contribution in [1.82, 2.24) is 9.55 Å². The number of esters is 2. The van der Waals surface area contributed by atoms with Crippen molar-refractivity contribution in [2.75, 3.05) is 25.6 Å². The number of hydrogen-bond donors (Lipinski definition) is 6. The van der Waals surface area contributed by atoms with Crippen LogP contribution in [0.3, 0.4) is 0 Å². The molecule has 21 heteroatoms. The fourth-order valence-corrected chi connectivity index (χ4v) is 9.54. The van der Waals surface area contributed by atoms with E-state index in [1.54, 1.807) is 24.3 Å². The molecule has 2 heterocycles. The smallest absolute Gasteiger partial charge is 0.462 e. The number of aromatic nitrogens is 2. The molecular weight excluding hydrogens is 1040 g/mol. The number of hydrogen-bond acceptors (Lipinski definition) is 16. The van der Waals surface area contributed by atoms with Crippen molar-refractivity contribution in [3.8, 4) is 0 Å². The molecule has 0 radical (unpaired) electrons. The number of phosphoric acid groups is 2. The second-order valence-electron chi connectivity index (χ2n) is 18.5. The second-order valence-corrected chi connectivity index (χ2v) is 21.6. The third-order valence-corrected chi connectivity index (χ3v) is 14.3. The van der Waals surface area contributed by atoms with Crippen molar-refractivity contribution in [3.63, 3.8) is 0 Å². The molecule has 0 amide bonds. The van der Waals surface area contributed by atoms with Crippen LogP contribution in [0, 0.1) is 0 Å². The van der Waals surface area contributed by atoms with E-state index >= 15 is 0 Å². The summed E-state index contributed by atoms with van der Waals surface area (Å²) in [6, 6.07) is 1.24. The normalized spacial score (nSPS) is 19.8. The lowest BCUT2D eigenvalue weighted by Crippen LogP contribution is -2.36. The first-order valence-corrected chi connectivity index (χ1v) is 30.5. The van der Waals surface area contributed by atoms with Crippen molar-refractivity contribution in [2.24, 2.45) is 0 Å². The highest BCUT2D eigenvalue weighted by Crippen LogP contribution is 2.60. The Bertz CT molecular complexity index is 2260. The lowest BCUT2D eigenvalue weighted by molar-refractivity contribution is -0.161. The first kappa shape index (κ1) is 69.5. The van der Waals surface area contributed by atoms with E-state index in [-0.39, 0.29) is 31.5 Å². The summed E-state index contributed by atoms with van der Waals surface area (Å²) in [6.07, 6.45) is 47.5. The zero-order chi connectivity index (χ0) is 57.1. The number of nitrogens with two attached hydrogens (primary N) is 1. The Hall–Kier alpha value is -4.62. The first-order chi connectivity index (χ1) is 37.6.